The largest absolute Gasteiger partial charge is 0.478 e. The lowest BCUT2D eigenvalue weighted by Crippen LogP contribution is -2.06. The van der Waals surface area contributed by atoms with Crippen molar-refractivity contribution in [2.45, 2.75) is 13.5 Å². The number of carboxylic acid groups (broad SMARTS) is 1. The molecular formula is C14H13ClN2O2. The van der Waals surface area contributed by atoms with E-state index in [0.717, 1.165) is 11.1 Å². The fraction of sp³-hybridized carbons (Fsp3) is 0.143. The Hall–Kier alpha value is -2.07. The molecule has 0 aliphatic carbocycles. The molecule has 0 amide bonds. The summed E-state index contributed by atoms with van der Waals surface area (Å²) in [5.41, 5.74) is 2.31. The second-order valence-electron chi connectivity index (χ2n) is 4.11. The van der Waals surface area contributed by atoms with Gasteiger partial charge in [0.1, 0.15) is 5.82 Å². The average Bonchev–Trinajstić information content (AvgIpc) is 2.39. The molecule has 4 nitrogen and oxygen atoms in total. The molecule has 2 aromatic rings. The molecule has 0 atom stereocenters. The summed E-state index contributed by atoms with van der Waals surface area (Å²) in [5.74, 6) is -0.684. The first-order valence-corrected chi connectivity index (χ1v) is 6.13. The van der Waals surface area contributed by atoms with Crippen LogP contribution in [-0.2, 0) is 6.54 Å². The first-order valence-electron chi connectivity index (χ1n) is 5.75. The maximum absolute atomic E-state index is 11.0. The molecule has 0 unspecified atom stereocenters. The van der Waals surface area contributed by atoms with Gasteiger partial charge in [-0.15, -0.1) is 0 Å². The molecule has 2 N–H and O–H groups in total. The maximum atomic E-state index is 11.0. The Morgan fingerprint density at radius 3 is 2.79 bits per heavy atom. The highest BCUT2D eigenvalue weighted by atomic mass is 35.5. The number of aromatic carboxylic acids is 1. The number of pyridine rings is 1. The van der Waals surface area contributed by atoms with Gasteiger partial charge < -0.3 is 10.4 Å². The number of hydrogen-bond acceptors (Lipinski definition) is 3. The van der Waals surface area contributed by atoms with Crippen molar-refractivity contribution in [1.82, 2.24) is 4.98 Å². The van der Waals surface area contributed by atoms with Gasteiger partial charge in [-0.25, -0.2) is 9.78 Å². The Labute approximate surface area is 116 Å². The van der Waals surface area contributed by atoms with Crippen molar-refractivity contribution in [2.75, 3.05) is 5.32 Å². The number of hydrogen-bond donors (Lipinski definition) is 2. The minimum Gasteiger partial charge on any atom is -0.478 e. The molecule has 5 heteroatoms. The minimum absolute atomic E-state index is 0.0453. The average molecular weight is 277 g/mol. The summed E-state index contributed by atoms with van der Waals surface area (Å²) in [5, 5.41) is 12.2. The van der Waals surface area contributed by atoms with E-state index in [1.54, 1.807) is 0 Å². The number of nitrogens with zero attached hydrogens (tertiary/aromatic N) is 1. The number of rotatable bonds is 4. The zero-order chi connectivity index (χ0) is 13.8. The summed E-state index contributed by atoms with van der Waals surface area (Å²) in [6, 6.07) is 9.31. The van der Waals surface area contributed by atoms with E-state index in [4.69, 9.17) is 16.7 Å². The van der Waals surface area contributed by atoms with Gasteiger partial charge in [0.05, 0.1) is 10.6 Å². The van der Waals surface area contributed by atoms with Gasteiger partial charge in [-0.1, -0.05) is 35.9 Å². The van der Waals surface area contributed by atoms with Crippen LogP contribution in [0.5, 0.6) is 0 Å². The Kier molecular flexibility index (Phi) is 4.02. The first kappa shape index (κ1) is 13.4. The third-order valence-electron chi connectivity index (χ3n) is 2.83. The Morgan fingerprint density at radius 2 is 2.11 bits per heavy atom. The predicted octanol–water partition coefficient (Wildman–Crippen LogP) is 3.35. The fourth-order valence-corrected chi connectivity index (χ4v) is 1.98. The van der Waals surface area contributed by atoms with Gasteiger partial charge in [-0.05, 0) is 24.1 Å². The van der Waals surface area contributed by atoms with Crippen LogP contribution in [0.2, 0.25) is 5.02 Å². The molecule has 2 rings (SSSR count). The van der Waals surface area contributed by atoms with Crippen molar-refractivity contribution in [3.8, 4) is 0 Å². The standard InChI is InChI=1S/C14H13ClN2O2/c1-9-4-2-3-5-10(9)8-17-13-12(15)11(14(18)19)6-7-16-13/h2-7H,8H2,1H3,(H,16,17)(H,18,19). The minimum atomic E-state index is -1.06. The summed E-state index contributed by atoms with van der Waals surface area (Å²) in [7, 11) is 0. The third-order valence-corrected chi connectivity index (χ3v) is 3.21. The molecule has 98 valence electrons. The van der Waals surface area contributed by atoms with Gasteiger partial charge >= 0.3 is 5.97 Å². The Morgan fingerprint density at radius 1 is 1.37 bits per heavy atom. The number of aryl methyl sites for hydroxylation is 1. The van der Waals surface area contributed by atoms with Crippen molar-refractivity contribution in [3.05, 3.63) is 58.2 Å². The molecule has 1 aromatic heterocycles. The third kappa shape index (κ3) is 3.03. The number of carbonyl (C=O) groups is 1. The van der Waals surface area contributed by atoms with E-state index in [1.807, 2.05) is 31.2 Å². The van der Waals surface area contributed by atoms with Crippen LogP contribution < -0.4 is 5.32 Å². The van der Waals surface area contributed by atoms with Crippen LogP contribution in [0.1, 0.15) is 21.5 Å². The van der Waals surface area contributed by atoms with Crippen molar-refractivity contribution in [3.63, 3.8) is 0 Å². The van der Waals surface area contributed by atoms with Gasteiger partial charge in [0.25, 0.3) is 0 Å². The number of aromatic nitrogens is 1. The monoisotopic (exact) mass is 276 g/mol. The highest BCUT2D eigenvalue weighted by Crippen LogP contribution is 2.24. The highest BCUT2D eigenvalue weighted by molar-refractivity contribution is 6.35. The normalized spacial score (nSPS) is 10.2. The number of benzene rings is 1. The molecule has 1 aromatic carbocycles. The molecule has 0 spiro atoms. The lowest BCUT2D eigenvalue weighted by Gasteiger charge is -2.10. The fourth-order valence-electron chi connectivity index (χ4n) is 1.72. The quantitative estimate of drug-likeness (QED) is 0.899. The van der Waals surface area contributed by atoms with Crippen LogP contribution in [0.25, 0.3) is 0 Å². The van der Waals surface area contributed by atoms with Crippen LogP contribution in [0.4, 0.5) is 5.82 Å². The molecule has 0 aliphatic rings. The van der Waals surface area contributed by atoms with Gasteiger partial charge in [-0.2, -0.15) is 0 Å². The second kappa shape index (κ2) is 5.71. The van der Waals surface area contributed by atoms with Crippen molar-refractivity contribution in [1.29, 1.82) is 0 Å². The zero-order valence-electron chi connectivity index (χ0n) is 10.4. The summed E-state index contributed by atoms with van der Waals surface area (Å²) in [4.78, 5) is 15.0. The molecule has 0 fully saturated rings. The summed E-state index contributed by atoms with van der Waals surface area (Å²) in [6.45, 7) is 2.56. The molecule has 0 aliphatic heterocycles. The van der Waals surface area contributed by atoms with E-state index in [0.29, 0.717) is 12.4 Å². The highest BCUT2D eigenvalue weighted by Gasteiger charge is 2.13. The van der Waals surface area contributed by atoms with Gasteiger partial charge in [0.2, 0.25) is 0 Å². The number of carboxylic acids is 1. The van der Waals surface area contributed by atoms with E-state index < -0.39 is 5.97 Å². The van der Waals surface area contributed by atoms with E-state index in [-0.39, 0.29) is 10.6 Å². The molecule has 0 saturated carbocycles. The number of nitrogens with one attached hydrogen (secondary N) is 1. The Bertz CT molecular complexity index is 614. The number of anilines is 1. The zero-order valence-corrected chi connectivity index (χ0v) is 11.1. The molecular weight excluding hydrogens is 264 g/mol. The van der Waals surface area contributed by atoms with Crippen molar-refractivity contribution in [2.24, 2.45) is 0 Å². The van der Waals surface area contributed by atoms with Crippen LogP contribution in [-0.4, -0.2) is 16.1 Å². The molecule has 1 heterocycles. The van der Waals surface area contributed by atoms with Crippen LogP contribution in [0, 0.1) is 6.92 Å². The van der Waals surface area contributed by atoms with Gasteiger partial charge in [0.15, 0.2) is 0 Å². The molecule has 0 radical (unpaired) electrons. The van der Waals surface area contributed by atoms with Crippen LogP contribution in [0.3, 0.4) is 0 Å². The summed E-state index contributed by atoms with van der Waals surface area (Å²) < 4.78 is 0. The van der Waals surface area contributed by atoms with Crippen LogP contribution in [0.15, 0.2) is 36.5 Å². The second-order valence-corrected chi connectivity index (χ2v) is 4.48. The van der Waals surface area contributed by atoms with Crippen molar-refractivity contribution >= 4 is 23.4 Å². The summed E-state index contributed by atoms with van der Waals surface area (Å²) >= 11 is 6.00. The van der Waals surface area contributed by atoms with E-state index in [9.17, 15) is 4.79 Å². The number of halogens is 1. The van der Waals surface area contributed by atoms with Gasteiger partial charge in [-0.3, -0.25) is 0 Å². The molecule has 0 saturated heterocycles. The van der Waals surface area contributed by atoms with Crippen molar-refractivity contribution < 1.29 is 9.90 Å². The SMILES string of the molecule is Cc1ccccc1CNc1nccc(C(=O)O)c1Cl. The van der Waals surface area contributed by atoms with E-state index >= 15 is 0 Å². The molecule has 0 bridgehead atoms. The lowest BCUT2D eigenvalue weighted by molar-refractivity contribution is 0.0697. The van der Waals surface area contributed by atoms with Gasteiger partial charge in [0, 0.05) is 12.7 Å². The lowest BCUT2D eigenvalue weighted by atomic mass is 10.1. The topological polar surface area (TPSA) is 62.2 Å². The van der Waals surface area contributed by atoms with E-state index in [1.165, 1.54) is 12.3 Å². The van der Waals surface area contributed by atoms with E-state index in [2.05, 4.69) is 10.3 Å². The summed E-state index contributed by atoms with van der Waals surface area (Å²) in [6.07, 6.45) is 1.43. The molecule has 19 heavy (non-hydrogen) atoms. The first-order chi connectivity index (χ1) is 9.09. The predicted molar refractivity (Wildman–Crippen MR) is 74.7 cm³/mol. The Balaban J connectivity index is 2.19. The smallest absolute Gasteiger partial charge is 0.337 e. The maximum Gasteiger partial charge on any atom is 0.337 e. The van der Waals surface area contributed by atoms with Crippen LogP contribution >= 0.6 is 11.6 Å².